The Morgan fingerprint density at radius 1 is 1.40 bits per heavy atom. The third-order valence-corrected chi connectivity index (χ3v) is 3.70. The Kier molecular flexibility index (Phi) is 6.09. The van der Waals surface area contributed by atoms with E-state index in [0.29, 0.717) is 6.04 Å². The Bertz CT molecular complexity index is 449. The summed E-state index contributed by atoms with van der Waals surface area (Å²) in [5.41, 5.74) is 2.28. The predicted octanol–water partition coefficient (Wildman–Crippen LogP) is 4.80. The van der Waals surface area contributed by atoms with E-state index in [1.807, 2.05) is 6.08 Å². The van der Waals surface area contributed by atoms with E-state index >= 15 is 0 Å². The van der Waals surface area contributed by atoms with Gasteiger partial charge in [0, 0.05) is 18.1 Å². The minimum Gasteiger partial charge on any atom is -0.362 e. The van der Waals surface area contributed by atoms with Crippen LogP contribution in [0.5, 0.6) is 0 Å². The molecule has 0 aliphatic carbocycles. The fourth-order valence-electron chi connectivity index (χ4n) is 2.30. The van der Waals surface area contributed by atoms with Crippen LogP contribution >= 0.6 is 11.6 Å². The summed E-state index contributed by atoms with van der Waals surface area (Å²) in [6.45, 7) is 16.4. The van der Waals surface area contributed by atoms with Gasteiger partial charge in [-0.2, -0.15) is 0 Å². The molecule has 0 spiro atoms. The molecule has 3 heteroatoms. The molecule has 0 bridgehead atoms. The van der Waals surface area contributed by atoms with Gasteiger partial charge in [0.1, 0.15) is 0 Å². The molecule has 1 aromatic rings. The molecule has 1 N–H and O–H groups in total. The van der Waals surface area contributed by atoms with Crippen molar-refractivity contribution < 1.29 is 0 Å². The molecule has 0 aromatic heterocycles. The fourth-order valence-corrected chi connectivity index (χ4v) is 2.59. The van der Waals surface area contributed by atoms with Crippen molar-refractivity contribution in [2.45, 2.75) is 46.2 Å². The Morgan fingerprint density at radius 2 is 2.05 bits per heavy atom. The van der Waals surface area contributed by atoms with Gasteiger partial charge in [0.2, 0.25) is 0 Å². The number of hydrogen-bond acceptors (Lipinski definition) is 2. The second kappa shape index (κ2) is 7.14. The number of benzene rings is 1. The van der Waals surface area contributed by atoms with Crippen molar-refractivity contribution in [3.8, 4) is 0 Å². The van der Waals surface area contributed by atoms with Gasteiger partial charge in [-0.25, -0.2) is 0 Å². The lowest BCUT2D eigenvalue weighted by molar-refractivity contribution is 0.522. The molecule has 1 rings (SSSR count). The summed E-state index contributed by atoms with van der Waals surface area (Å²) in [6.07, 6.45) is 1.91. The lowest BCUT2D eigenvalue weighted by Crippen LogP contribution is -2.41. The van der Waals surface area contributed by atoms with Crippen LogP contribution in [0.3, 0.4) is 0 Å². The topological polar surface area (TPSA) is 15.3 Å². The van der Waals surface area contributed by atoms with E-state index < -0.39 is 0 Å². The monoisotopic (exact) mass is 294 g/mol. The van der Waals surface area contributed by atoms with Gasteiger partial charge >= 0.3 is 0 Å². The van der Waals surface area contributed by atoms with Crippen LogP contribution in [0, 0.1) is 0 Å². The molecule has 0 saturated carbocycles. The Balaban J connectivity index is 3.10. The average Bonchev–Trinajstić information content (AvgIpc) is 2.35. The first kappa shape index (κ1) is 17.1. The molecule has 2 nitrogen and oxygen atoms in total. The molecule has 0 aliphatic heterocycles. The van der Waals surface area contributed by atoms with Crippen molar-refractivity contribution in [3.63, 3.8) is 0 Å². The molecule has 20 heavy (non-hydrogen) atoms. The van der Waals surface area contributed by atoms with Crippen LogP contribution in [-0.2, 0) is 0 Å². The highest BCUT2D eigenvalue weighted by Crippen LogP contribution is 2.33. The first-order valence-electron chi connectivity index (χ1n) is 7.22. The molecule has 1 unspecified atom stereocenters. The van der Waals surface area contributed by atoms with E-state index in [0.717, 1.165) is 23.8 Å². The lowest BCUT2D eigenvalue weighted by Gasteiger charge is -2.37. The van der Waals surface area contributed by atoms with E-state index in [4.69, 9.17) is 11.6 Å². The SMILES string of the molecule is C=CCN(c1ccc(C(C)NCC)cc1Cl)C(C)(C)C. The van der Waals surface area contributed by atoms with Crippen molar-refractivity contribution in [1.82, 2.24) is 5.32 Å². The summed E-state index contributed by atoms with van der Waals surface area (Å²) in [4.78, 5) is 2.27. The van der Waals surface area contributed by atoms with Gasteiger partial charge in [0.15, 0.2) is 0 Å². The number of nitrogens with one attached hydrogen (secondary N) is 1. The van der Waals surface area contributed by atoms with Crippen LogP contribution in [0.1, 0.15) is 46.2 Å². The second-order valence-corrected chi connectivity index (χ2v) is 6.47. The van der Waals surface area contributed by atoms with Gasteiger partial charge in [-0.15, -0.1) is 6.58 Å². The third kappa shape index (κ3) is 4.26. The Morgan fingerprint density at radius 3 is 2.50 bits per heavy atom. The highest BCUT2D eigenvalue weighted by Gasteiger charge is 2.22. The number of halogens is 1. The smallest absolute Gasteiger partial charge is 0.0643 e. The molecule has 0 fully saturated rings. The molecular formula is C17H27ClN2. The molecular weight excluding hydrogens is 268 g/mol. The fraction of sp³-hybridized carbons (Fsp3) is 0.529. The molecule has 0 heterocycles. The van der Waals surface area contributed by atoms with Crippen LogP contribution in [-0.4, -0.2) is 18.6 Å². The first-order chi connectivity index (χ1) is 9.31. The van der Waals surface area contributed by atoms with Gasteiger partial charge < -0.3 is 10.2 Å². The molecule has 0 amide bonds. The maximum Gasteiger partial charge on any atom is 0.0643 e. The number of anilines is 1. The molecule has 0 aliphatic rings. The molecule has 0 radical (unpaired) electrons. The van der Waals surface area contributed by atoms with E-state index in [1.54, 1.807) is 0 Å². The van der Waals surface area contributed by atoms with Crippen molar-refractivity contribution >= 4 is 17.3 Å². The van der Waals surface area contributed by atoms with Crippen molar-refractivity contribution in [2.75, 3.05) is 18.0 Å². The predicted molar refractivity (Wildman–Crippen MR) is 90.8 cm³/mol. The van der Waals surface area contributed by atoms with Crippen LogP contribution in [0.2, 0.25) is 5.02 Å². The van der Waals surface area contributed by atoms with Gasteiger partial charge in [0.25, 0.3) is 0 Å². The molecule has 1 aromatic carbocycles. The van der Waals surface area contributed by atoms with Crippen molar-refractivity contribution in [1.29, 1.82) is 0 Å². The average molecular weight is 295 g/mol. The minimum atomic E-state index is 0.00658. The van der Waals surface area contributed by atoms with Crippen LogP contribution in [0.15, 0.2) is 30.9 Å². The minimum absolute atomic E-state index is 0.00658. The summed E-state index contributed by atoms with van der Waals surface area (Å²) in [7, 11) is 0. The maximum atomic E-state index is 6.51. The van der Waals surface area contributed by atoms with Gasteiger partial charge in [0.05, 0.1) is 10.7 Å². The number of hydrogen-bond donors (Lipinski definition) is 1. The maximum absolute atomic E-state index is 6.51. The van der Waals surface area contributed by atoms with E-state index in [2.05, 4.69) is 69.6 Å². The number of rotatable bonds is 6. The molecule has 0 saturated heterocycles. The third-order valence-electron chi connectivity index (χ3n) is 3.39. The van der Waals surface area contributed by atoms with E-state index in [-0.39, 0.29) is 5.54 Å². The van der Waals surface area contributed by atoms with Crippen LogP contribution < -0.4 is 10.2 Å². The Labute approximate surface area is 128 Å². The second-order valence-electron chi connectivity index (χ2n) is 6.06. The van der Waals surface area contributed by atoms with Crippen LogP contribution in [0.4, 0.5) is 5.69 Å². The first-order valence-corrected chi connectivity index (χ1v) is 7.60. The quantitative estimate of drug-likeness (QED) is 0.758. The van der Waals surface area contributed by atoms with Crippen LogP contribution in [0.25, 0.3) is 0 Å². The van der Waals surface area contributed by atoms with Crippen molar-refractivity contribution in [3.05, 3.63) is 41.4 Å². The zero-order valence-corrected chi connectivity index (χ0v) is 14.1. The summed E-state index contributed by atoms with van der Waals surface area (Å²) in [5, 5.41) is 4.20. The van der Waals surface area contributed by atoms with Gasteiger partial charge in [-0.1, -0.05) is 30.7 Å². The largest absolute Gasteiger partial charge is 0.362 e. The molecule has 112 valence electrons. The van der Waals surface area contributed by atoms with Crippen molar-refractivity contribution in [2.24, 2.45) is 0 Å². The molecule has 1 atom stereocenters. The Hall–Kier alpha value is -0.990. The van der Waals surface area contributed by atoms with E-state index in [1.165, 1.54) is 5.56 Å². The van der Waals surface area contributed by atoms with Gasteiger partial charge in [-0.3, -0.25) is 0 Å². The highest BCUT2D eigenvalue weighted by atomic mass is 35.5. The summed E-state index contributed by atoms with van der Waals surface area (Å²) in [5.74, 6) is 0. The normalized spacial score (nSPS) is 13.1. The summed E-state index contributed by atoms with van der Waals surface area (Å²) in [6, 6.07) is 6.64. The lowest BCUT2D eigenvalue weighted by atomic mass is 10.0. The highest BCUT2D eigenvalue weighted by molar-refractivity contribution is 6.33. The van der Waals surface area contributed by atoms with Gasteiger partial charge in [-0.05, 0) is 51.9 Å². The summed E-state index contributed by atoms with van der Waals surface area (Å²) < 4.78 is 0. The zero-order valence-electron chi connectivity index (χ0n) is 13.3. The zero-order chi connectivity index (χ0) is 15.3. The standard InChI is InChI=1S/C17H27ClN2/c1-7-11-20(17(4,5)6)16-10-9-14(12-15(16)18)13(3)19-8-2/h7,9-10,12-13,19H,1,8,11H2,2-6H3. The van der Waals surface area contributed by atoms with E-state index in [9.17, 15) is 0 Å². The summed E-state index contributed by atoms with van der Waals surface area (Å²) >= 11 is 6.51. The number of nitrogens with zero attached hydrogens (tertiary/aromatic N) is 1.